The fraction of sp³-hybridized carbons (Fsp3) is 0.304. The van der Waals surface area contributed by atoms with Gasteiger partial charge in [-0.05, 0) is 50.8 Å². The number of nitro benzene ring substituents is 1. The number of nitro groups is 1. The van der Waals surface area contributed by atoms with E-state index in [0.29, 0.717) is 36.1 Å². The van der Waals surface area contributed by atoms with Crippen LogP contribution in [0.3, 0.4) is 0 Å². The fourth-order valence-electron chi connectivity index (χ4n) is 4.56. The van der Waals surface area contributed by atoms with Gasteiger partial charge in [-0.25, -0.2) is 0 Å². The van der Waals surface area contributed by atoms with Crippen LogP contribution >= 0.6 is 11.3 Å². The molecule has 0 radical (unpaired) electrons. The summed E-state index contributed by atoms with van der Waals surface area (Å²) in [7, 11) is 0. The zero-order valence-corrected chi connectivity index (χ0v) is 18.4. The molecule has 1 aliphatic carbocycles. The first-order chi connectivity index (χ1) is 14.7. The maximum atomic E-state index is 13.2. The predicted octanol–water partition coefficient (Wildman–Crippen LogP) is 4.89. The molecule has 2 aromatic rings. The monoisotopic (exact) mass is 434 g/mol. The third-order valence-corrected chi connectivity index (χ3v) is 6.93. The Labute approximate surface area is 184 Å². The minimum absolute atomic E-state index is 0.00263. The van der Waals surface area contributed by atoms with E-state index < -0.39 is 10.8 Å². The van der Waals surface area contributed by atoms with Gasteiger partial charge >= 0.3 is 0 Å². The summed E-state index contributed by atoms with van der Waals surface area (Å²) >= 11 is 1.63. The number of carbonyl (C=O) groups is 1. The topological polar surface area (TPSA) is 113 Å². The van der Waals surface area contributed by atoms with Crippen molar-refractivity contribution in [1.82, 2.24) is 0 Å². The number of hydrogen-bond donors (Lipinski definition) is 1. The van der Waals surface area contributed by atoms with Gasteiger partial charge in [0.25, 0.3) is 5.69 Å². The Hall–Kier alpha value is -3.44. The summed E-state index contributed by atoms with van der Waals surface area (Å²) in [6, 6.07) is 8.83. The van der Waals surface area contributed by atoms with E-state index in [1.54, 1.807) is 22.3 Å². The highest BCUT2D eigenvalue weighted by Gasteiger charge is 2.41. The van der Waals surface area contributed by atoms with Gasteiger partial charge in [0, 0.05) is 39.6 Å². The molecule has 1 aliphatic heterocycles. The third kappa shape index (κ3) is 3.31. The molecular formula is C23H22N4O3S. The molecule has 7 nitrogen and oxygen atoms in total. The summed E-state index contributed by atoms with van der Waals surface area (Å²) in [5.41, 5.74) is 10.4. The third-order valence-electron chi connectivity index (χ3n) is 5.95. The zero-order valence-electron chi connectivity index (χ0n) is 17.6. The van der Waals surface area contributed by atoms with Gasteiger partial charge in [0.1, 0.15) is 5.82 Å². The van der Waals surface area contributed by atoms with Crippen LogP contribution in [-0.2, 0) is 4.79 Å². The van der Waals surface area contributed by atoms with Crippen LogP contribution in [0.1, 0.15) is 46.1 Å². The molecule has 4 rings (SSSR count). The maximum absolute atomic E-state index is 13.2. The molecule has 1 aromatic carbocycles. The molecule has 0 amide bonds. The van der Waals surface area contributed by atoms with E-state index in [1.807, 2.05) is 26.8 Å². The van der Waals surface area contributed by atoms with Gasteiger partial charge in [0.2, 0.25) is 0 Å². The normalized spacial score (nSPS) is 18.8. The quantitative estimate of drug-likeness (QED) is 0.544. The second-order valence-electron chi connectivity index (χ2n) is 7.91. The standard InChI is InChI=1S/C23H22N4O3S/c1-12-7-8-15(27(29)30)10-19(12)26-18-5-4-6-20(28)22(18)21(17(11-24)23(26)25)16-9-13(2)31-14(16)3/h7-10,21H,4-6,25H2,1-3H3/t21-/m1/s1. The number of allylic oxidation sites excluding steroid dienone is 3. The molecule has 1 atom stereocenters. The molecule has 8 heteroatoms. The van der Waals surface area contributed by atoms with E-state index in [9.17, 15) is 20.2 Å². The Morgan fingerprint density at radius 1 is 1.26 bits per heavy atom. The summed E-state index contributed by atoms with van der Waals surface area (Å²) < 4.78 is 0. The number of rotatable bonds is 3. The summed E-state index contributed by atoms with van der Waals surface area (Å²) in [6.07, 6.45) is 1.70. The molecule has 0 fully saturated rings. The molecule has 2 heterocycles. The first-order valence-corrected chi connectivity index (χ1v) is 10.8. The van der Waals surface area contributed by atoms with Gasteiger partial charge in [-0.1, -0.05) is 6.07 Å². The van der Waals surface area contributed by atoms with Crippen LogP contribution in [0.4, 0.5) is 11.4 Å². The average molecular weight is 435 g/mol. The van der Waals surface area contributed by atoms with Gasteiger partial charge in [-0.15, -0.1) is 11.3 Å². The lowest BCUT2D eigenvalue weighted by atomic mass is 9.75. The van der Waals surface area contributed by atoms with Crippen LogP contribution in [0.25, 0.3) is 0 Å². The first kappa shape index (κ1) is 20.8. The number of hydrogen-bond acceptors (Lipinski definition) is 7. The maximum Gasteiger partial charge on any atom is 0.271 e. The number of nitrogens with zero attached hydrogens (tertiary/aromatic N) is 3. The highest BCUT2D eigenvalue weighted by atomic mass is 32.1. The fourth-order valence-corrected chi connectivity index (χ4v) is 5.53. The minimum Gasteiger partial charge on any atom is -0.384 e. The van der Waals surface area contributed by atoms with Crippen molar-refractivity contribution in [3.63, 3.8) is 0 Å². The number of aryl methyl sites for hydroxylation is 3. The van der Waals surface area contributed by atoms with Crippen LogP contribution < -0.4 is 10.6 Å². The Morgan fingerprint density at radius 3 is 2.61 bits per heavy atom. The highest BCUT2D eigenvalue weighted by Crippen LogP contribution is 2.48. The predicted molar refractivity (Wildman–Crippen MR) is 120 cm³/mol. The van der Waals surface area contributed by atoms with Gasteiger partial charge in [-0.2, -0.15) is 5.26 Å². The largest absolute Gasteiger partial charge is 0.384 e. The first-order valence-electron chi connectivity index (χ1n) is 10.0. The van der Waals surface area contributed by atoms with Crippen LogP contribution in [0, 0.1) is 42.2 Å². The summed E-state index contributed by atoms with van der Waals surface area (Å²) in [5.74, 6) is -0.274. The van der Waals surface area contributed by atoms with Crippen molar-refractivity contribution < 1.29 is 9.72 Å². The highest BCUT2D eigenvalue weighted by molar-refractivity contribution is 7.12. The number of ketones is 1. The van der Waals surface area contributed by atoms with Crippen molar-refractivity contribution in [2.24, 2.45) is 5.73 Å². The molecule has 2 N–H and O–H groups in total. The molecule has 1 aromatic heterocycles. The second kappa shape index (κ2) is 7.67. The van der Waals surface area contributed by atoms with Gasteiger partial charge < -0.3 is 5.73 Å². The lowest BCUT2D eigenvalue weighted by molar-refractivity contribution is -0.384. The van der Waals surface area contributed by atoms with Crippen molar-refractivity contribution >= 4 is 28.5 Å². The number of anilines is 1. The molecule has 0 unspecified atom stereocenters. The van der Waals surface area contributed by atoms with E-state index in [2.05, 4.69) is 6.07 Å². The van der Waals surface area contributed by atoms with Gasteiger partial charge in [0.05, 0.1) is 28.2 Å². The number of nitrogens with two attached hydrogens (primary N) is 1. The number of Topliss-reactive ketones (excluding diaryl/α,β-unsaturated/α-hetero) is 1. The van der Waals surface area contributed by atoms with Crippen molar-refractivity contribution in [3.8, 4) is 6.07 Å². The average Bonchev–Trinajstić information content (AvgIpc) is 3.05. The molecule has 0 bridgehead atoms. The van der Waals surface area contributed by atoms with E-state index in [0.717, 1.165) is 26.6 Å². The number of carbonyl (C=O) groups excluding carboxylic acids is 1. The van der Waals surface area contributed by atoms with Crippen LogP contribution in [0.5, 0.6) is 0 Å². The number of nitriles is 1. The minimum atomic E-state index is -0.506. The van der Waals surface area contributed by atoms with Crippen molar-refractivity contribution in [1.29, 1.82) is 5.26 Å². The molecule has 0 saturated carbocycles. The second-order valence-corrected chi connectivity index (χ2v) is 9.37. The van der Waals surface area contributed by atoms with E-state index in [1.165, 1.54) is 12.1 Å². The Bertz CT molecular complexity index is 1230. The van der Waals surface area contributed by atoms with Gasteiger partial charge in [0.15, 0.2) is 5.78 Å². The molecular weight excluding hydrogens is 412 g/mol. The molecule has 158 valence electrons. The number of benzene rings is 1. The van der Waals surface area contributed by atoms with E-state index >= 15 is 0 Å². The smallest absolute Gasteiger partial charge is 0.271 e. The SMILES string of the molecule is Cc1cc([C@@H]2C(C#N)=C(N)N(c3cc([N+](=O)[O-])ccc3C)C3=C2C(=O)CCC3)c(C)s1. The van der Waals surface area contributed by atoms with Crippen molar-refractivity contribution in [3.05, 3.63) is 77.9 Å². The van der Waals surface area contributed by atoms with E-state index in [4.69, 9.17) is 5.73 Å². The van der Waals surface area contributed by atoms with Crippen LogP contribution in [0.15, 0.2) is 46.9 Å². The van der Waals surface area contributed by atoms with Gasteiger partial charge in [-0.3, -0.25) is 19.8 Å². The molecule has 2 aliphatic rings. The Balaban J connectivity index is 2.01. The summed E-state index contributed by atoms with van der Waals surface area (Å²) in [6.45, 7) is 5.82. The Kier molecular flexibility index (Phi) is 5.15. The number of thiophene rings is 1. The Morgan fingerprint density at radius 2 is 2.00 bits per heavy atom. The lowest BCUT2D eigenvalue weighted by Gasteiger charge is -2.40. The molecule has 0 spiro atoms. The zero-order chi connectivity index (χ0) is 22.4. The van der Waals surface area contributed by atoms with Crippen molar-refractivity contribution in [2.75, 3.05) is 4.90 Å². The van der Waals surface area contributed by atoms with E-state index in [-0.39, 0.29) is 17.3 Å². The summed E-state index contributed by atoms with van der Waals surface area (Å²) in [5, 5.41) is 21.5. The van der Waals surface area contributed by atoms with Crippen molar-refractivity contribution in [2.45, 2.75) is 46.0 Å². The van der Waals surface area contributed by atoms with Crippen LogP contribution in [0.2, 0.25) is 0 Å². The number of non-ortho nitro benzene ring substituents is 1. The lowest BCUT2D eigenvalue weighted by Crippen LogP contribution is -2.39. The van der Waals surface area contributed by atoms with Crippen LogP contribution in [-0.4, -0.2) is 10.7 Å². The summed E-state index contributed by atoms with van der Waals surface area (Å²) in [4.78, 5) is 27.9. The molecule has 0 saturated heterocycles. The molecule has 31 heavy (non-hydrogen) atoms.